The van der Waals surface area contributed by atoms with Crippen LogP contribution in [0.5, 0.6) is 0 Å². The number of hydrogen-bond acceptors (Lipinski definition) is 6. The number of aromatic amines is 1. The van der Waals surface area contributed by atoms with Gasteiger partial charge in [0.15, 0.2) is 0 Å². The number of H-pyrrole nitrogens is 1. The maximum absolute atomic E-state index is 12.1. The van der Waals surface area contributed by atoms with E-state index in [1.807, 2.05) is 0 Å². The van der Waals surface area contributed by atoms with Crippen LogP contribution in [-0.4, -0.2) is 28.5 Å². The number of aromatic nitrogens is 3. The van der Waals surface area contributed by atoms with Crippen molar-refractivity contribution in [2.24, 2.45) is 0 Å². The highest BCUT2D eigenvalue weighted by Gasteiger charge is 2.20. The van der Waals surface area contributed by atoms with E-state index in [2.05, 4.69) is 19.9 Å². The molecule has 9 nitrogen and oxygen atoms in total. The molecule has 0 aliphatic rings. The molecule has 2 rings (SSSR count). The first-order valence-corrected chi connectivity index (χ1v) is 7.00. The standard InChI is InChI=1S/C10H11N5O4S/c1-7(10-11-6-12-13-10)14-20(18,19)9-4-2-8(3-5-9)15(16)17/h2-7,14H,1H3,(H,11,12,13). The highest BCUT2D eigenvalue weighted by atomic mass is 32.2. The van der Waals surface area contributed by atoms with Crippen molar-refractivity contribution in [1.29, 1.82) is 0 Å². The zero-order valence-electron chi connectivity index (χ0n) is 10.3. The Hall–Kier alpha value is -2.33. The lowest BCUT2D eigenvalue weighted by Gasteiger charge is -2.11. The molecule has 0 aliphatic carbocycles. The second-order valence-electron chi connectivity index (χ2n) is 3.96. The fourth-order valence-corrected chi connectivity index (χ4v) is 2.73. The topological polar surface area (TPSA) is 131 Å². The first-order valence-electron chi connectivity index (χ1n) is 5.52. The number of nitrogens with zero attached hydrogens (tertiary/aromatic N) is 3. The van der Waals surface area contributed by atoms with Crippen molar-refractivity contribution < 1.29 is 13.3 Å². The van der Waals surface area contributed by atoms with Crippen molar-refractivity contribution in [2.45, 2.75) is 17.9 Å². The lowest BCUT2D eigenvalue weighted by Crippen LogP contribution is -2.27. The summed E-state index contributed by atoms with van der Waals surface area (Å²) in [6.45, 7) is 1.60. The minimum absolute atomic E-state index is 0.0607. The summed E-state index contributed by atoms with van der Waals surface area (Å²) in [6, 6.07) is 4.01. The van der Waals surface area contributed by atoms with Crippen molar-refractivity contribution >= 4 is 15.7 Å². The molecule has 10 heteroatoms. The third-order valence-electron chi connectivity index (χ3n) is 2.53. The molecular formula is C10H11N5O4S. The Labute approximate surface area is 114 Å². The summed E-state index contributed by atoms with van der Waals surface area (Å²) in [4.78, 5) is 13.7. The van der Waals surface area contributed by atoms with Crippen LogP contribution < -0.4 is 4.72 Å². The number of nitrogens with one attached hydrogen (secondary N) is 2. The number of benzene rings is 1. The zero-order chi connectivity index (χ0) is 14.8. The van der Waals surface area contributed by atoms with Gasteiger partial charge in [-0.25, -0.2) is 18.1 Å². The molecule has 1 heterocycles. The molecule has 1 aromatic carbocycles. The quantitative estimate of drug-likeness (QED) is 0.618. The number of nitro benzene ring substituents is 1. The third kappa shape index (κ3) is 2.97. The van der Waals surface area contributed by atoms with E-state index in [1.165, 1.54) is 18.5 Å². The number of nitro groups is 1. The second kappa shape index (κ2) is 5.35. The molecule has 20 heavy (non-hydrogen) atoms. The number of non-ortho nitro benzene ring substituents is 1. The lowest BCUT2D eigenvalue weighted by molar-refractivity contribution is -0.384. The minimum Gasteiger partial charge on any atom is -0.262 e. The van der Waals surface area contributed by atoms with Crippen LogP contribution in [0.2, 0.25) is 0 Å². The molecule has 0 spiro atoms. The van der Waals surface area contributed by atoms with E-state index >= 15 is 0 Å². The van der Waals surface area contributed by atoms with E-state index in [0.29, 0.717) is 5.82 Å². The second-order valence-corrected chi connectivity index (χ2v) is 5.68. The molecule has 106 valence electrons. The summed E-state index contributed by atoms with van der Waals surface area (Å²) in [5, 5.41) is 16.7. The maximum atomic E-state index is 12.1. The molecule has 2 aromatic rings. The van der Waals surface area contributed by atoms with Crippen molar-refractivity contribution in [1.82, 2.24) is 19.9 Å². The van der Waals surface area contributed by atoms with E-state index in [4.69, 9.17) is 0 Å². The van der Waals surface area contributed by atoms with Gasteiger partial charge in [0.2, 0.25) is 10.0 Å². The van der Waals surface area contributed by atoms with Crippen LogP contribution in [0, 0.1) is 10.1 Å². The fourth-order valence-electron chi connectivity index (χ4n) is 1.53. The van der Waals surface area contributed by atoms with Crippen LogP contribution in [0.25, 0.3) is 0 Å². The van der Waals surface area contributed by atoms with Crippen LogP contribution in [0.15, 0.2) is 35.5 Å². The van der Waals surface area contributed by atoms with Gasteiger partial charge in [0.1, 0.15) is 12.2 Å². The van der Waals surface area contributed by atoms with Crippen LogP contribution in [0.3, 0.4) is 0 Å². The van der Waals surface area contributed by atoms with Gasteiger partial charge in [0, 0.05) is 12.1 Å². The van der Waals surface area contributed by atoms with E-state index < -0.39 is 21.0 Å². The van der Waals surface area contributed by atoms with Crippen molar-refractivity contribution in [3.05, 3.63) is 46.5 Å². The zero-order valence-corrected chi connectivity index (χ0v) is 11.2. The van der Waals surface area contributed by atoms with Gasteiger partial charge in [0.25, 0.3) is 5.69 Å². The molecule has 1 aromatic heterocycles. The minimum atomic E-state index is -3.79. The number of sulfonamides is 1. The highest BCUT2D eigenvalue weighted by Crippen LogP contribution is 2.17. The molecule has 0 aliphatic heterocycles. The van der Waals surface area contributed by atoms with Gasteiger partial charge < -0.3 is 0 Å². The molecule has 0 fully saturated rings. The van der Waals surface area contributed by atoms with Crippen LogP contribution in [0.4, 0.5) is 5.69 Å². The Morgan fingerprint density at radius 1 is 1.35 bits per heavy atom. The Balaban J connectivity index is 2.20. The van der Waals surface area contributed by atoms with E-state index in [9.17, 15) is 18.5 Å². The molecule has 2 N–H and O–H groups in total. The first-order chi connectivity index (χ1) is 9.40. The smallest absolute Gasteiger partial charge is 0.262 e. The Morgan fingerprint density at radius 3 is 2.50 bits per heavy atom. The molecule has 1 atom stereocenters. The molecule has 1 unspecified atom stereocenters. The highest BCUT2D eigenvalue weighted by molar-refractivity contribution is 7.89. The largest absolute Gasteiger partial charge is 0.269 e. The summed E-state index contributed by atoms with van der Waals surface area (Å²) >= 11 is 0. The van der Waals surface area contributed by atoms with E-state index in [1.54, 1.807) is 6.92 Å². The Kier molecular flexibility index (Phi) is 3.77. The van der Waals surface area contributed by atoms with E-state index in [-0.39, 0.29) is 10.6 Å². The Morgan fingerprint density at radius 2 is 2.00 bits per heavy atom. The predicted molar refractivity (Wildman–Crippen MR) is 68.2 cm³/mol. The number of hydrogen-bond donors (Lipinski definition) is 2. The van der Waals surface area contributed by atoms with Gasteiger partial charge in [-0.2, -0.15) is 5.10 Å². The summed E-state index contributed by atoms with van der Waals surface area (Å²) < 4.78 is 26.5. The summed E-state index contributed by atoms with van der Waals surface area (Å²) in [5.74, 6) is 0.371. The number of rotatable bonds is 5. The van der Waals surface area contributed by atoms with Gasteiger partial charge in [-0.05, 0) is 19.1 Å². The van der Waals surface area contributed by atoms with Crippen LogP contribution in [0.1, 0.15) is 18.8 Å². The van der Waals surface area contributed by atoms with Crippen LogP contribution >= 0.6 is 0 Å². The molecule has 0 radical (unpaired) electrons. The first kappa shape index (κ1) is 14.1. The van der Waals surface area contributed by atoms with Crippen molar-refractivity contribution in [3.63, 3.8) is 0 Å². The molecule has 0 amide bonds. The average Bonchev–Trinajstić information content (AvgIpc) is 2.92. The normalized spacial score (nSPS) is 13.1. The van der Waals surface area contributed by atoms with Crippen molar-refractivity contribution in [3.8, 4) is 0 Å². The van der Waals surface area contributed by atoms with Gasteiger partial charge in [-0.3, -0.25) is 15.2 Å². The predicted octanol–water partition coefficient (Wildman–Crippen LogP) is 0.752. The fraction of sp³-hybridized carbons (Fsp3) is 0.200. The van der Waals surface area contributed by atoms with Gasteiger partial charge in [-0.1, -0.05) is 0 Å². The van der Waals surface area contributed by atoms with Gasteiger partial charge in [0.05, 0.1) is 15.9 Å². The SMILES string of the molecule is CC(NS(=O)(=O)c1ccc([N+](=O)[O-])cc1)c1ncn[nH]1. The summed E-state index contributed by atoms with van der Waals surface area (Å²) in [7, 11) is -3.79. The maximum Gasteiger partial charge on any atom is 0.269 e. The summed E-state index contributed by atoms with van der Waals surface area (Å²) in [6.07, 6.45) is 1.27. The average molecular weight is 297 g/mol. The molecule has 0 saturated carbocycles. The Bertz CT molecular complexity index is 696. The van der Waals surface area contributed by atoms with Crippen LogP contribution in [-0.2, 0) is 10.0 Å². The lowest BCUT2D eigenvalue weighted by atomic mass is 10.3. The van der Waals surface area contributed by atoms with Gasteiger partial charge >= 0.3 is 0 Å². The monoisotopic (exact) mass is 297 g/mol. The summed E-state index contributed by atoms with van der Waals surface area (Å²) in [5.41, 5.74) is -0.174. The van der Waals surface area contributed by atoms with Crippen molar-refractivity contribution in [2.75, 3.05) is 0 Å². The molecule has 0 saturated heterocycles. The third-order valence-corrected chi connectivity index (χ3v) is 4.09. The van der Waals surface area contributed by atoms with Gasteiger partial charge in [-0.15, -0.1) is 0 Å². The molecule has 0 bridgehead atoms. The molecular weight excluding hydrogens is 286 g/mol. The van der Waals surface area contributed by atoms with E-state index in [0.717, 1.165) is 12.1 Å².